The van der Waals surface area contributed by atoms with Crippen LogP contribution in [0.15, 0.2) is 83.4 Å². The predicted molar refractivity (Wildman–Crippen MR) is 148 cm³/mol. The van der Waals surface area contributed by atoms with Crippen molar-refractivity contribution in [3.8, 4) is 22.5 Å². The van der Waals surface area contributed by atoms with Gasteiger partial charge in [0.1, 0.15) is 5.44 Å². The first-order valence-corrected chi connectivity index (χ1v) is 14.2. The Balaban J connectivity index is 1.29. The Morgan fingerprint density at radius 3 is 2.21 bits per heavy atom. The fourth-order valence-electron chi connectivity index (χ4n) is 4.76. The zero-order chi connectivity index (χ0) is 26.7. The Hall–Kier alpha value is -3.55. The molecule has 0 radical (unpaired) electrons. The standard InChI is InChI=1S/C31H31NO5S/c1-3-36-30(34)31(17-18-31)26-15-13-24(14-16-26)23-9-11-25(12-10-23)29-27(21(2)32-37-29)19-28(33)38(35)20-22-7-5-4-6-8-22/h4-16,28,33H,3,17-20H2,1-2H3/t28-,38?/m0/s1. The third kappa shape index (κ3) is 5.35. The molecule has 1 saturated carbocycles. The Morgan fingerprint density at radius 2 is 1.61 bits per heavy atom. The van der Waals surface area contributed by atoms with Crippen molar-refractivity contribution in [2.24, 2.45) is 0 Å². The molecular formula is C31H31NO5S. The minimum atomic E-state index is -1.45. The molecule has 0 aliphatic heterocycles. The van der Waals surface area contributed by atoms with Crippen LogP contribution in [0.1, 0.15) is 42.1 Å². The van der Waals surface area contributed by atoms with Gasteiger partial charge < -0.3 is 14.4 Å². The Bertz CT molecular complexity index is 1420. The molecule has 0 saturated heterocycles. The maximum absolute atomic E-state index is 12.7. The first-order chi connectivity index (χ1) is 18.4. The van der Waals surface area contributed by atoms with Crippen molar-refractivity contribution in [2.75, 3.05) is 6.61 Å². The Morgan fingerprint density at radius 1 is 1.00 bits per heavy atom. The number of hydrogen-bond donors (Lipinski definition) is 1. The van der Waals surface area contributed by atoms with Crippen LogP contribution in [-0.2, 0) is 37.9 Å². The summed E-state index contributed by atoms with van der Waals surface area (Å²) in [5.41, 5.74) is 4.74. The molecule has 1 aliphatic carbocycles. The van der Waals surface area contributed by atoms with Crippen LogP contribution in [-0.4, -0.2) is 32.5 Å². The zero-order valence-electron chi connectivity index (χ0n) is 21.6. The highest BCUT2D eigenvalue weighted by Crippen LogP contribution is 2.49. The largest absolute Gasteiger partial charge is 0.465 e. The number of ether oxygens (including phenoxy) is 1. The molecule has 7 heteroatoms. The zero-order valence-corrected chi connectivity index (χ0v) is 22.4. The summed E-state index contributed by atoms with van der Waals surface area (Å²) in [6.07, 6.45) is 1.84. The molecule has 1 N–H and O–H groups in total. The second-order valence-corrected chi connectivity index (χ2v) is 11.3. The van der Waals surface area contributed by atoms with E-state index in [2.05, 4.69) is 5.16 Å². The third-order valence-electron chi connectivity index (χ3n) is 7.15. The Kier molecular flexibility index (Phi) is 7.58. The van der Waals surface area contributed by atoms with E-state index < -0.39 is 21.7 Å². The van der Waals surface area contributed by atoms with E-state index in [9.17, 15) is 14.1 Å². The van der Waals surface area contributed by atoms with E-state index in [1.54, 1.807) is 0 Å². The van der Waals surface area contributed by atoms with Crippen LogP contribution in [0.5, 0.6) is 0 Å². The van der Waals surface area contributed by atoms with Gasteiger partial charge in [0.15, 0.2) is 5.76 Å². The topological polar surface area (TPSA) is 89.6 Å². The molecule has 38 heavy (non-hydrogen) atoms. The smallest absolute Gasteiger partial charge is 0.316 e. The molecule has 1 aromatic heterocycles. The quantitative estimate of drug-likeness (QED) is 0.264. The number of rotatable bonds is 10. The molecule has 196 valence electrons. The minimum Gasteiger partial charge on any atom is -0.465 e. The van der Waals surface area contributed by atoms with Gasteiger partial charge in [-0.25, -0.2) is 0 Å². The van der Waals surface area contributed by atoms with Gasteiger partial charge in [0.2, 0.25) is 0 Å². The van der Waals surface area contributed by atoms with Gasteiger partial charge in [-0.05, 0) is 48.9 Å². The summed E-state index contributed by atoms with van der Waals surface area (Å²) in [5.74, 6) is 0.727. The molecule has 4 aromatic rings. The molecule has 0 amide bonds. The Labute approximate surface area is 225 Å². The number of nitrogens with zero attached hydrogens (tertiary/aromatic N) is 1. The molecule has 1 fully saturated rings. The molecular weight excluding hydrogens is 498 g/mol. The van der Waals surface area contributed by atoms with Gasteiger partial charge in [-0.1, -0.05) is 84.0 Å². The van der Waals surface area contributed by atoms with Crippen molar-refractivity contribution in [3.63, 3.8) is 0 Å². The van der Waals surface area contributed by atoms with Crippen molar-refractivity contribution < 1.29 is 23.4 Å². The number of aryl methyl sites for hydroxylation is 1. The summed E-state index contributed by atoms with van der Waals surface area (Å²) in [5, 5.41) is 14.8. The maximum atomic E-state index is 12.7. The number of esters is 1. The fourth-order valence-corrected chi connectivity index (χ4v) is 5.82. The first-order valence-electron chi connectivity index (χ1n) is 12.8. The molecule has 2 atom stereocenters. The molecule has 5 rings (SSSR count). The average molecular weight is 530 g/mol. The lowest BCUT2D eigenvalue weighted by Gasteiger charge is -2.14. The number of aliphatic hydroxyl groups is 1. The van der Waals surface area contributed by atoms with Crippen LogP contribution in [0.4, 0.5) is 0 Å². The van der Waals surface area contributed by atoms with E-state index >= 15 is 0 Å². The highest BCUT2D eigenvalue weighted by molar-refractivity contribution is 7.84. The van der Waals surface area contributed by atoms with Gasteiger partial charge in [0.05, 0.1) is 34.3 Å². The van der Waals surface area contributed by atoms with Crippen LogP contribution < -0.4 is 0 Å². The van der Waals surface area contributed by atoms with E-state index in [0.29, 0.717) is 18.1 Å². The van der Waals surface area contributed by atoms with Crippen LogP contribution >= 0.6 is 0 Å². The molecule has 0 spiro atoms. The van der Waals surface area contributed by atoms with Gasteiger partial charge in [-0.3, -0.25) is 9.00 Å². The van der Waals surface area contributed by atoms with Crippen LogP contribution in [0, 0.1) is 6.92 Å². The van der Waals surface area contributed by atoms with Crippen molar-refractivity contribution >= 4 is 16.8 Å². The summed E-state index contributed by atoms with van der Waals surface area (Å²) < 4.78 is 23.7. The lowest BCUT2D eigenvalue weighted by atomic mass is 9.93. The third-order valence-corrected chi connectivity index (χ3v) is 8.54. The SMILES string of the molecule is CCOC(=O)C1(c2ccc(-c3ccc(-c4onc(C)c4C[C@@H](O)S(=O)Cc4ccccc4)cc3)cc2)CC1. The van der Waals surface area contributed by atoms with E-state index in [-0.39, 0.29) is 18.1 Å². The molecule has 1 aliphatic rings. The van der Waals surface area contributed by atoms with Crippen molar-refractivity contribution in [1.82, 2.24) is 5.16 Å². The van der Waals surface area contributed by atoms with Crippen LogP contribution in [0.25, 0.3) is 22.5 Å². The van der Waals surface area contributed by atoms with Gasteiger partial charge >= 0.3 is 5.97 Å². The monoisotopic (exact) mass is 529 g/mol. The van der Waals surface area contributed by atoms with Gasteiger partial charge in [0, 0.05) is 17.5 Å². The average Bonchev–Trinajstić information content (AvgIpc) is 3.68. The lowest BCUT2D eigenvalue weighted by Crippen LogP contribution is -2.23. The van der Waals surface area contributed by atoms with Crippen molar-refractivity contribution in [2.45, 2.75) is 49.7 Å². The van der Waals surface area contributed by atoms with Crippen LogP contribution in [0.3, 0.4) is 0 Å². The first kappa shape index (κ1) is 26.1. The number of carbonyl (C=O) groups excluding carboxylic acids is 1. The summed E-state index contributed by atoms with van der Waals surface area (Å²) in [6, 6.07) is 25.5. The van der Waals surface area contributed by atoms with E-state index in [1.165, 1.54) is 0 Å². The summed E-state index contributed by atoms with van der Waals surface area (Å²) in [6.45, 7) is 4.05. The van der Waals surface area contributed by atoms with E-state index in [1.807, 2.05) is 92.7 Å². The number of hydrogen-bond acceptors (Lipinski definition) is 6. The second kappa shape index (κ2) is 11.1. The fraction of sp³-hybridized carbons (Fsp3) is 0.290. The number of benzene rings is 3. The minimum absolute atomic E-state index is 0.135. The number of aliphatic hydroxyl groups excluding tert-OH is 1. The summed E-state index contributed by atoms with van der Waals surface area (Å²) >= 11 is 0. The number of carbonyl (C=O) groups is 1. The predicted octanol–water partition coefficient (Wildman–Crippen LogP) is 5.72. The lowest BCUT2D eigenvalue weighted by molar-refractivity contribution is -0.146. The van der Waals surface area contributed by atoms with Gasteiger partial charge in [-0.2, -0.15) is 0 Å². The molecule has 6 nitrogen and oxygen atoms in total. The van der Waals surface area contributed by atoms with Crippen molar-refractivity contribution in [1.29, 1.82) is 0 Å². The van der Waals surface area contributed by atoms with E-state index in [4.69, 9.17) is 9.26 Å². The van der Waals surface area contributed by atoms with E-state index in [0.717, 1.165) is 46.2 Å². The van der Waals surface area contributed by atoms with Crippen molar-refractivity contribution in [3.05, 3.63) is 101 Å². The highest BCUT2D eigenvalue weighted by Gasteiger charge is 2.52. The molecule has 0 bridgehead atoms. The second-order valence-electron chi connectivity index (χ2n) is 9.70. The van der Waals surface area contributed by atoms with Gasteiger partial charge in [-0.15, -0.1) is 0 Å². The van der Waals surface area contributed by atoms with Gasteiger partial charge in [0.25, 0.3) is 0 Å². The summed E-state index contributed by atoms with van der Waals surface area (Å²) in [7, 11) is -1.45. The highest BCUT2D eigenvalue weighted by atomic mass is 32.2. The van der Waals surface area contributed by atoms with Crippen LogP contribution in [0.2, 0.25) is 0 Å². The molecule has 3 aromatic carbocycles. The molecule has 1 unspecified atom stereocenters. The maximum Gasteiger partial charge on any atom is 0.316 e. The normalized spacial score (nSPS) is 15.6. The number of aromatic nitrogens is 1. The molecule has 1 heterocycles. The summed E-state index contributed by atoms with van der Waals surface area (Å²) in [4.78, 5) is 12.4.